The number of hydrogen-bond donors (Lipinski definition) is 1. The lowest BCUT2D eigenvalue weighted by atomic mass is 10.1. The van der Waals surface area contributed by atoms with Crippen molar-refractivity contribution in [3.05, 3.63) is 0 Å². The van der Waals surface area contributed by atoms with Gasteiger partial charge in [0, 0.05) is 6.42 Å². The van der Waals surface area contributed by atoms with Crippen molar-refractivity contribution in [1.82, 2.24) is 0 Å². The number of aliphatic carboxylic acids is 1. The normalized spacial score (nSPS) is 14.1. The van der Waals surface area contributed by atoms with E-state index in [1.54, 1.807) is 0 Å². The summed E-state index contributed by atoms with van der Waals surface area (Å²) in [7, 11) is 0. The fourth-order valence-corrected chi connectivity index (χ4v) is 1.40. The Hall–Kier alpha value is -0.530. The van der Waals surface area contributed by atoms with Crippen molar-refractivity contribution in [2.24, 2.45) is 5.92 Å². The van der Waals surface area contributed by atoms with Gasteiger partial charge in [-0.25, -0.2) is 0 Å². The van der Waals surface area contributed by atoms with Crippen LogP contribution in [-0.4, -0.2) is 11.1 Å². The fourth-order valence-electron chi connectivity index (χ4n) is 1.40. The van der Waals surface area contributed by atoms with Gasteiger partial charge in [0.2, 0.25) is 0 Å². The smallest absolute Gasteiger partial charge is 0.303 e. The molecule has 96 valence electrons. The summed E-state index contributed by atoms with van der Waals surface area (Å²) in [6, 6.07) is 0. The first-order valence-corrected chi connectivity index (χ1v) is 6.88. The monoisotopic (exact) mass is 228 g/mol. The zero-order valence-electron chi connectivity index (χ0n) is 11.0. The minimum absolute atomic E-state index is 0.341. The van der Waals surface area contributed by atoms with Gasteiger partial charge in [-0.1, -0.05) is 65.2 Å². The molecule has 1 saturated carbocycles. The average molecular weight is 228 g/mol. The third kappa shape index (κ3) is 15.9. The molecule has 1 N–H and O–H groups in total. The van der Waals surface area contributed by atoms with Gasteiger partial charge < -0.3 is 5.11 Å². The molecule has 1 aliphatic rings. The van der Waals surface area contributed by atoms with Crippen molar-refractivity contribution in [1.29, 1.82) is 0 Å². The number of rotatable bonds is 8. The van der Waals surface area contributed by atoms with Crippen molar-refractivity contribution >= 4 is 5.97 Å². The lowest BCUT2D eigenvalue weighted by Gasteiger charge is -1.98. The summed E-state index contributed by atoms with van der Waals surface area (Å²) in [6.45, 7) is 4.48. The Morgan fingerprint density at radius 1 is 1.06 bits per heavy atom. The Bertz CT molecular complexity index is 162. The molecule has 0 saturated heterocycles. The molecule has 0 spiro atoms. The van der Waals surface area contributed by atoms with E-state index in [1.807, 2.05) is 0 Å². The van der Waals surface area contributed by atoms with E-state index in [9.17, 15) is 4.79 Å². The number of hydrogen-bond acceptors (Lipinski definition) is 1. The summed E-state index contributed by atoms with van der Waals surface area (Å²) in [4.78, 5) is 10.1. The minimum atomic E-state index is -0.663. The van der Waals surface area contributed by atoms with Gasteiger partial charge in [-0.2, -0.15) is 0 Å². The van der Waals surface area contributed by atoms with Gasteiger partial charge >= 0.3 is 5.97 Å². The molecule has 0 amide bonds. The van der Waals surface area contributed by atoms with Crippen LogP contribution >= 0.6 is 0 Å². The second-order valence-corrected chi connectivity index (χ2v) is 4.95. The minimum Gasteiger partial charge on any atom is -0.481 e. The number of unbranched alkanes of at least 4 members (excludes halogenated alkanes) is 6. The highest BCUT2D eigenvalue weighted by Crippen LogP contribution is 2.26. The summed E-state index contributed by atoms with van der Waals surface area (Å²) in [5, 5.41) is 8.35. The number of carboxylic acids is 1. The van der Waals surface area contributed by atoms with Crippen LogP contribution in [0, 0.1) is 5.92 Å². The average Bonchev–Trinajstić information content (AvgIpc) is 3.00. The standard InChI is InChI=1S/C10H20O2.C4H8/c1-2-3-4-5-6-7-8-9-10(11)12;1-4-2-3-4/h2-9H2,1H3,(H,11,12);4H,2-3H2,1H3. The lowest BCUT2D eigenvalue weighted by Crippen LogP contribution is -1.93. The van der Waals surface area contributed by atoms with E-state index in [2.05, 4.69) is 13.8 Å². The predicted octanol–water partition coefficient (Wildman–Crippen LogP) is 4.63. The predicted molar refractivity (Wildman–Crippen MR) is 68.6 cm³/mol. The van der Waals surface area contributed by atoms with Crippen molar-refractivity contribution in [2.45, 2.75) is 78.1 Å². The number of carboxylic acid groups (broad SMARTS) is 1. The Kier molecular flexibility index (Phi) is 10.6. The topological polar surface area (TPSA) is 37.3 Å². The van der Waals surface area contributed by atoms with E-state index in [-0.39, 0.29) is 0 Å². The molecular formula is C14H28O2. The van der Waals surface area contributed by atoms with Crippen LogP contribution in [-0.2, 0) is 4.79 Å². The Morgan fingerprint density at radius 3 is 1.88 bits per heavy atom. The Morgan fingerprint density at radius 2 is 1.50 bits per heavy atom. The van der Waals surface area contributed by atoms with Crippen LogP contribution in [0.2, 0.25) is 0 Å². The second-order valence-electron chi connectivity index (χ2n) is 4.95. The van der Waals surface area contributed by atoms with Crippen molar-refractivity contribution in [2.75, 3.05) is 0 Å². The van der Waals surface area contributed by atoms with Gasteiger partial charge in [0.05, 0.1) is 0 Å². The maximum absolute atomic E-state index is 10.1. The van der Waals surface area contributed by atoms with Crippen LogP contribution in [0.1, 0.15) is 78.1 Å². The molecule has 0 bridgehead atoms. The van der Waals surface area contributed by atoms with Crippen molar-refractivity contribution in [3.8, 4) is 0 Å². The zero-order chi connectivity index (χ0) is 12.2. The quantitative estimate of drug-likeness (QED) is 0.615. The molecule has 0 aromatic heterocycles. The van der Waals surface area contributed by atoms with Crippen LogP contribution in [0.25, 0.3) is 0 Å². The van der Waals surface area contributed by atoms with Crippen LogP contribution in [0.4, 0.5) is 0 Å². The van der Waals surface area contributed by atoms with E-state index in [1.165, 1.54) is 44.9 Å². The van der Waals surface area contributed by atoms with Crippen molar-refractivity contribution in [3.63, 3.8) is 0 Å². The van der Waals surface area contributed by atoms with Crippen LogP contribution in [0.3, 0.4) is 0 Å². The molecule has 0 aromatic rings. The van der Waals surface area contributed by atoms with Gasteiger partial charge in [0.15, 0.2) is 0 Å². The second kappa shape index (κ2) is 11.0. The first kappa shape index (κ1) is 15.5. The summed E-state index contributed by atoms with van der Waals surface area (Å²) in [6.07, 6.45) is 11.6. The molecule has 2 heteroatoms. The van der Waals surface area contributed by atoms with Gasteiger partial charge in [-0.05, 0) is 12.3 Å². The Labute approximate surface area is 100 Å². The molecule has 0 radical (unpaired) electrons. The SMILES string of the molecule is CC1CC1.CCCCCCCCCC(=O)O. The first-order valence-electron chi connectivity index (χ1n) is 6.88. The summed E-state index contributed by atoms with van der Waals surface area (Å²) in [5.74, 6) is 0.420. The van der Waals surface area contributed by atoms with Gasteiger partial charge in [0.1, 0.15) is 0 Å². The lowest BCUT2D eigenvalue weighted by molar-refractivity contribution is -0.137. The summed E-state index contributed by atoms with van der Waals surface area (Å²) < 4.78 is 0. The van der Waals surface area contributed by atoms with Gasteiger partial charge in [-0.3, -0.25) is 4.79 Å². The van der Waals surface area contributed by atoms with Crippen molar-refractivity contribution < 1.29 is 9.90 Å². The zero-order valence-corrected chi connectivity index (χ0v) is 11.0. The van der Waals surface area contributed by atoms with Crippen LogP contribution in [0.5, 0.6) is 0 Å². The molecule has 2 nitrogen and oxygen atoms in total. The van der Waals surface area contributed by atoms with Gasteiger partial charge in [0.25, 0.3) is 0 Å². The summed E-state index contributed by atoms with van der Waals surface area (Å²) >= 11 is 0. The molecule has 1 fully saturated rings. The highest BCUT2D eigenvalue weighted by atomic mass is 16.4. The molecule has 1 rings (SSSR count). The molecule has 0 heterocycles. The largest absolute Gasteiger partial charge is 0.481 e. The maximum atomic E-state index is 10.1. The van der Waals surface area contributed by atoms with Crippen LogP contribution < -0.4 is 0 Å². The third-order valence-corrected chi connectivity index (χ3v) is 2.86. The molecule has 1 aliphatic carbocycles. The van der Waals surface area contributed by atoms with E-state index in [4.69, 9.17) is 5.11 Å². The molecule has 16 heavy (non-hydrogen) atoms. The van der Waals surface area contributed by atoms with Gasteiger partial charge in [-0.15, -0.1) is 0 Å². The highest BCUT2D eigenvalue weighted by molar-refractivity contribution is 5.66. The van der Waals surface area contributed by atoms with E-state index in [0.29, 0.717) is 6.42 Å². The molecule has 0 aromatic carbocycles. The molecular weight excluding hydrogens is 200 g/mol. The van der Waals surface area contributed by atoms with E-state index < -0.39 is 5.97 Å². The number of carbonyl (C=O) groups is 1. The fraction of sp³-hybridized carbons (Fsp3) is 0.929. The van der Waals surface area contributed by atoms with E-state index >= 15 is 0 Å². The van der Waals surface area contributed by atoms with Crippen LogP contribution in [0.15, 0.2) is 0 Å². The molecule has 0 unspecified atom stereocenters. The Balaban J connectivity index is 0.000000462. The third-order valence-electron chi connectivity index (χ3n) is 2.86. The highest BCUT2D eigenvalue weighted by Gasteiger charge is 2.12. The molecule has 0 aliphatic heterocycles. The summed E-state index contributed by atoms with van der Waals surface area (Å²) in [5.41, 5.74) is 0. The molecule has 0 atom stereocenters. The first-order chi connectivity index (χ1) is 7.66. The van der Waals surface area contributed by atoms with E-state index in [0.717, 1.165) is 18.8 Å². The maximum Gasteiger partial charge on any atom is 0.303 e.